The van der Waals surface area contributed by atoms with E-state index >= 15 is 0 Å². The number of nitrogens with zero attached hydrogens (tertiary/aromatic N) is 3. The van der Waals surface area contributed by atoms with Gasteiger partial charge in [0.05, 0.1) is 11.7 Å². The minimum absolute atomic E-state index is 0.198. The highest BCUT2D eigenvalue weighted by Crippen LogP contribution is 2.43. The molecule has 2 aliphatic heterocycles. The van der Waals surface area contributed by atoms with Crippen molar-refractivity contribution in [2.75, 3.05) is 0 Å². The molecule has 0 aliphatic carbocycles. The molecule has 4 nitrogen and oxygen atoms in total. The number of fused-ring (bicyclic) bond motifs is 4. The molecule has 2 aliphatic rings. The molecule has 0 spiro atoms. The molecule has 1 aromatic carbocycles. The molecule has 24 heavy (non-hydrogen) atoms. The zero-order valence-corrected chi connectivity index (χ0v) is 14.1. The van der Waals surface area contributed by atoms with E-state index in [4.69, 9.17) is 0 Å². The van der Waals surface area contributed by atoms with Gasteiger partial charge >= 0.3 is 0 Å². The molecule has 4 rings (SSSR count). The van der Waals surface area contributed by atoms with Crippen LogP contribution in [0, 0.1) is 6.92 Å². The van der Waals surface area contributed by atoms with E-state index < -0.39 is 0 Å². The van der Waals surface area contributed by atoms with Crippen molar-refractivity contribution in [2.45, 2.75) is 57.5 Å². The Balaban J connectivity index is 1.43. The highest BCUT2D eigenvalue weighted by molar-refractivity contribution is 5.78. The number of rotatable bonds is 4. The second-order valence-electron chi connectivity index (χ2n) is 6.91. The van der Waals surface area contributed by atoms with E-state index in [0.717, 1.165) is 43.6 Å². The first kappa shape index (κ1) is 15.3. The maximum atomic E-state index is 12.8. The van der Waals surface area contributed by atoms with Crippen LogP contribution in [0.15, 0.2) is 36.5 Å². The van der Waals surface area contributed by atoms with E-state index in [-0.39, 0.29) is 6.04 Å². The molecule has 1 fully saturated rings. The molecule has 2 atom stereocenters. The molecule has 124 valence electrons. The third-order valence-electron chi connectivity index (χ3n) is 5.30. The number of carbonyl (C=O) groups is 1. The zero-order chi connectivity index (χ0) is 16.5. The van der Waals surface area contributed by atoms with Crippen molar-refractivity contribution >= 4 is 5.91 Å². The Labute approximate surface area is 142 Å². The third kappa shape index (κ3) is 2.81. The summed E-state index contributed by atoms with van der Waals surface area (Å²) in [5.74, 6) is 1.13. The van der Waals surface area contributed by atoms with E-state index in [2.05, 4.69) is 39.1 Å². The lowest BCUT2D eigenvalue weighted by Crippen LogP contribution is -2.42. The van der Waals surface area contributed by atoms with Crippen molar-refractivity contribution < 1.29 is 4.79 Å². The highest BCUT2D eigenvalue weighted by atomic mass is 16.2. The van der Waals surface area contributed by atoms with Crippen LogP contribution in [0.2, 0.25) is 0 Å². The van der Waals surface area contributed by atoms with Crippen LogP contribution in [0.4, 0.5) is 0 Å². The largest absolute Gasteiger partial charge is 0.332 e. The summed E-state index contributed by atoms with van der Waals surface area (Å²) in [5.41, 5.74) is 3.63. The van der Waals surface area contributed by atoms with Gasteiger partial charge in [-0.2, -0.15) is 0 Å². The summed E-state index contributed by atoms with van der Waals surface area (Å²) < 4.78 is 0. The van der Waals surface area contributed by atoms with Crippen LogP contribution in [-0.2, 0) is 17.6 Å². The quantitative estimate of drug-likeness (QED) is 0.867. The van der Waals surface area contributed by atoms with E-state index in [9.17, 15) is 4.79 Å². The molecule has 2 aromatic rings. The van der Waals surface area contributed by atoms with Gasteiger partial charge in [0.25, 0.3) is 0 Å². The molecule has 2 bridgehead atoms. The van der Waals surface area contributed by atoms with E-state index in [0.29, 0.717) is 18.4 Å². The van der Waals surface area contributed by atoms with Crippen LogP contribution in [0.3, 0.4) is 0 Å². The molecule has 4 heteroatoms. The van der Waals surface area contributed by atoms with Gasteiger partial charge in [-0.05, 0) is 38.2 Å². The minimum atomic E-state index is 0.198. The summed E-state index contributed by atoms with van der Waals surface area (Å²) in [6.45, 7) is 1.93. The molecule has 3 heterocycles. The SMILES string of the molecule is Cc1ncc2c(n1)CC1CCC2N1C(=O)CCCc1ccccc1. The lowest BCUT2D eigenvalue weighted by Gasteiger charge is -2.35. The Morgan fingerprint density at radius 1 is 1.25 bits per heavy atom. The van der Waals surface area contributed by atoms with E-state index in [1.165, 1.54) is 11.1 Å². The Kier molecular flexibility index (Phi) is 4.05. The fourth-order valence-corrected chi connectivity index (χ4v) is 4.17. The normalized spacial score (nSPS) is 21.6. The number of carbonyl (C=O) groups excluding carboxylic acids is 1. The summed E-state index contributed by atoms with van der Waals surface area (Å²) in [5, 5.41) is 0. The molecular weight excluding hydrogens is 298 g/mol. The molecule has 0 N–H and O–H groups in total. The Bertz CT molecular complexity index is 744. The Morgan fingerprint density at radius 3 is 2.92 bits per heavy atom. The fraction of sp³-hybridized carbons (Fsp3) is 0.450. The standard InChI is InChI=1S/C20H23N3O/c1-14-21-13-17-18(22-14)12-16-10-11-19(17)23(16)20(24)9-5-8-15-6-3-2-4-7-15/h2-4,6-7,13,16,19H,5,8-12H2,1H3. The van der Waals surface area contributed by atoms with Gasteiger partial charge in [-0.1, -0.05) is 30.3 Å². The van der Waals surface area contributed by atoms with Crippen LogP contribution < -0.4 is 0 Å². The number of benzene rings is 1. The van der Waals surface area contributed by atoms with Crippen molar-refractivity contribution in [2.24, 2.45) is 0 Å². The van der Waals surface area contributed by atoms with Crippen LogP contribution in [0.25, 0.3) is 0 Å². The summed E-state index contributed by atoms with van der Waals surface area (Å²) >= 11 is 0. The van der Waals surface area contributed by atoms with Gasteiger partial charge in [0.15, 0.2) is 0 Å². The molecule has 0 radical (unpaired) electrons. The van der Waals surface area contributed by atoms with Crippen LogP contribution >= 0.6 is 0 Å². The molecule has 1 amide bonds. The predicted octanol–water partition coefficient (Wildman–Crippen LogP) is 3.40. The number of aromatic nitrogens is 2. The zero-order valence-electron chi connectivity index (χ0n) is 14.1. The summed E-state index contributed by atoms with van der Waals surface area (Å²) in [6.07, 6.45) is 7.47. The molecule has 1 saturated heterocycles. The first-order valence-electron chi connectivity index (χ1n) is 8.90. The summed E-state index contributed by atoms with van der Waals surface area (Å²) in [4.78, 5) is 23.9. The summed E-state index contributed by atoms with van der Waals surface area (Å²) in [6, 6.07) is 10.9. The van der Waals surface area contributed by atoms with Gasteiger partial charge in [0, 0.05) is 30.6 Å². The lowest BCUT2D eigenvalue weighted by atomic mass is 9.98. The maximum absolute atomic E-state index is 12.8. The van der Waals surface area contributed by atoms with Crippen LogP contribution in [0.1, 0.15) is 54.4 Å². The van der Waals surface area contributed by atoms with Crippen LogP contribution in [-0.4, -0.2) is 26.8 Å². The van der Waals surface area contributed by atoms with Gasteiger partial charge in [-0.25, -0.2) is 9.97 Å². The Hall–Kier alpha value is -2.23. The van der Waals surface area contributed by atoms with Crippen molar-refractivity contribution in [3.63, 3.8) is 0 Å². The van der Waals surface area contributed by atoms with Gasteiger partial charge < -0.3 is 4.90 Å². The fourth-order valence-electron chi connectivity index (χ4n) is 4.17. The molecule has 2 unspecified atom stereocenters. The van der Waals surface area contributed by atoms with Crippen LogP contribution in [0.5, 0.6) is 0 Å². The van der Waals surface area contributed by atoms with Crippen molar-refractivity contribution in [1.29, 1.82) is 0 Å². The number of aryl methyl sites for hydroxylation is 2. The Morgan fingerprint density at radius 2 is 2.08 bits per heavy atom. The first-order valence-corrected chi connectivity index (χ1v) is 8.90. The summed E-state index contributed by atoms with van der Waals surface area (Å²) in [7, 11) is 0. The third-order valence-corrected chi connectivity index (χ3v) is 5.30. The number of amides is 1. The smallest absolute Gasteiger partial charge is 0.223 e. The predicted molar refractivity (Wildman–Crippen MR) is 92.5 cm³/mol. The first-order chi connectivity index (χ1) is 11.7. The van der Waals surface area contributed by atoms with E-state index in [1.807, 2.05) is 19.2 Å². The minimum Gasteiger partial charge on any atom is -0.332 e. The van der Waals surface area contributed by atoms with Crippen molar-refractivity contribution in [1.82, 2.24) is 14.9 Å². The molecule has 0 saturated carbocycles. The second-order valence-corrected chi connectivity index (χ2v) is 6.91. The average Bonchev–Trinajstić information content (AvgIpc) is 2.91. The van der Waals surface area contributed by atoms with Crippen molar-refractivity contribution in [3.05, 3.63) is 59.2 Å². The topological polar surface area (TPSA) is 46.1 Å². The highest BCUT2D eigenvalue weighted by Gasteiger charge is 2.42. The van der Waals surface area contributed by atoms with Gasteiger partial charge in [0.2, 0.25) is 5.91 Å². The lowest BCUT2D eigenvalue weighted by molar-refractivity contribution is -0.134. The molecule has 1 aromatic heterocycles. The second kappa shape index (κ2) is 6.34. The van der Waals surface area contributed by atoms with Gasteiger partial charge in [0.1, 0.15) is 5.82 Å². The van der Waals surface area contributed by atoms with Crippen molar-refractivity contribution in [3.8, 4) is 0 Å². The van der Waals surface area contributed by atoms with Gasteiger partial charge in [-0.3, -0.25) is 4.79 Å². The number of hydrogen-bond donors (Lipinski definition) is 0. The number of hydrogen-bond acceptors (Lipinski definition) is 3. The monoisotopic (exact) mass is 321 g/mol. The van der Waals surface area contributed by atoms with E-state index in [1.54, 1.807) is 0 Å². The van der Waals surface area contributed by atoms with Gasteiger partial charge in [-0.15, -0.1) is 0 Å². The molecular formula is C20H23N3O. The maximum Gasteiger partial charge on any atom is 0.223 e. The average molecular weight is 321 g/mol.